The van der Waals surface area contributed by atoms with Crippen LogP contribution in [-0.4, -0.2) is 28.0 Å². The molecule has 2 N–H and O–H groups in total. The first-order valence-corrected chi connectivity index (χ1v) is 5.70. The monoisotopic (exact) mass is 177 g/mol. The Labute approximate surface area is 71.5 Å². The lowest BCUT2D eigenvalue weighted by molar-refractivity contribution is 0.868. The van der Waals surface area contributed by atoms with Crippen molar-refractivity contribution in [3.63, 3.8) is 0 Å². The maximum absolute atomic E-state index is 5.58. The summed E-state index contributed by atoms with van der Waals surface area (Å²) in [6.07, 6.45) is 0. The zero-order valence-corrected chi connectivity index (χ0v) is 8.17. The summed E-state index contributed by atoms with van der Waals surface area (Å²) in [6, 6.07) is 0. The number of nitrogens with two attached hydrogens (primary N) is 1. The van der Waals surface area contributed by atoms with Gasteiger partial charge in [-0.3, -0.25) is 0 Å². The molecule has 1 nitrogen and oxygen atoms in total. The summed E-state index contributed by atoms with van der Waals surface area (Å²) >= 11 is 4.11. The second-order valence-corrected chi connectivity index (χ2v) is 5.83. The van der Waals surface area contributed by atoms with Crippen LogP contribution in [0.15, 0.2) is 0 Å². The maximum Gasteiger partial charge on any atom is 0.0263 e. The minimum absolute atomic E-state index is 0.705. The molecule has 1 aliphatic heterocycles. The highest BCUT2D eigenvalue weighted by Gasteiger charge is 2.24. The molecule has 3 heteroatoms. The first kappa shape index (κ1) is 8.75. The van der Waals surface area contributed by atoms with Crippen molar-refractivity contribution in [3.05, 3.63) is 0 Å². The minimum Gasteiger partial charge on any atom is -0.329 e. The van der Waals surface area contributed by atoms with Gasteiger partial charge in [-0.1, -0.05) is 13.8 Å². The molecule has 0 amide bonds. The Morgan fingerprint density at radius 1 is 1.40 bits per heavy atom. The normalized spacial score (nSPS) is 41.7. The summed E-state index contributed by atoms with van der Waals surface area (Å²) in [7, 11) is 0. The van der Waals surface area contributed by atoms with E-state index in [1.807, 2.05) is 11.8 Å². The summed E-state index contributed by atoms with van der Waals surface area (Å²) in [6.45, 7) is 5.44. The van der Waals surface area contributed by atoms with Crippen LogP contribution in [0.3, 0.4) is 0 Å². The van der Waals surface area contributed by atoms with Gasteiger partial charge in [0.05, 0.1) is 0 Å². The van der Waals surface area contributed by atoms with E-state index in [2.05, 4.69) is 25.6 Å². The van der Waals surface area contributed by atoms with Crippen molar-refractivity contribution in [2.24, 2.45) is 5.73 Å². The largest absolute Gasteiger partial charge is 0.329 e. The highest BCUT2D eigenvalue weighted by molar-refractivity contribution is 8.07. The lowest BCUT2D eigenvalue weighted by Crippen LogP contribution is -2.30. The van der Waals surface area contributed by atoms with Crippen molar-refractivity contribution in [2.45, 2.75) is 29.6 Å². The molecule has 3 unspecified atom stereocenters. The molecule has 0 aromatic rings. The third kappa shape index (κ3) is 2.07. The lowest BCUT2D eigenvalue weighted by atomic mass is 10.4. The predicted octanol–water partition coefficient (Wildman–Crippen LogP) is 1.57. The average Bonchev–Trinajstić information content (AvgIpc) is 1.95. The molecule has 10 heavy (non-hydrogen) atoms. The molecule has 1 saturated heterocycles. The minimum atomic E-state index is 0.705. The van der Waals surface area contributed by atoms with E-state index in [1.165, 1.54) is 5.75 Å². The summed E-state index contributed by atoms with van der Waals surface area (Å²) in [4.78, 5) is 0. The summed E-state index contributed by atoms with van der Waals surface area (Å²) in [5, 5.41) is 2.30. The van der Waals surface area contributed by atoms with Gasteiger partial charge in [0.2, 0.25) is 0 Å². The van der Waals surface area contributed by atoms with E-state index in [1.54, 1.807) is 0 Å². The van der Waals surface area contributed by atoms with E-state index in [0.29, 0.717) is 5.25 Å². The molecule has 3 atom stereocenters. The van der Waals surface area contributed by atoms with Gasteiger partial charge in [-0.25, -0.2) is 0 Å². The van der Waals surface area contributed by atoms with Gasteiger partial charge in [0, 0.05) is 28.0 Å². The molecule has 1 rings (SSSR count). The van der Waals surface area contributed by atoms with E-state index in [0.717, 1.165) is 17.0 Å². The zero-order chi connectivity index (χ0) is 7.56. The first-order chi connectivity index (χ1) is 4.74. The van der Waals surface area contributed by atoms with Crippen molar-refractivity contribution >= 4 is 23.5 Å². The van der Waals surface area contributed by atoms with Crippen molar-refractivity contribution in [3.8, 4) is 0 Å². The third-order valence-corrected chi connectivity index (χ3v) is 5.37. The van der Waals surface area contributed by atoms with Gasteiger partial charge in [-0.05, 0) is 0 Å². The molecule has 1 heterocycles. The van der Waals surface area contributed by atoms with E-state index in [9.17, 15) is 0 Å². The standard InChI is InChI=1S/C7H15NS2/c1-5-6(2)10-7(3-8)4-9-5/h5-7H,3-4,8H2,1-2H3. The summed E-state index contributed by atoms with van der Waals surface area (Å²) < 4.78 is 0. The highest BCUT2D eigenvalue weighted by atomic mass is 32.2. The van der Waals surface area contributed by atoms with Gasteiger partial charge in [0.1, 0.15) is 0 Å². The Morgan fingerprint density at radius 3 is 2.60 bits per heavy atom. The molecular weight excluding hydrogens is 162 g/mol. The van der Waals surface area contributed by atoms with Crippen molar-refractivity contribution in [1.29, 1.82) is 0 Å². The fraction of sp³-hybridized carbons (Fsp3) is 1.00. The lowest BCUT2D eigenvalue weighted by Gasteiger charge is -2.30. The number of rotatable bonds is 1. The molecule has 60 valence electrons. The topological polar surface area (TPSA) is 26.0 Å². The quantitative estimate of drug-likeness (QED) is 0.658. The second-order valence-electron chi connectivity index (χ2n) is 2.74. The summed E-state index contributed by atoms with van der Waals surface area (Å²) in [5.74, 6) is 1.24. The number of hydrogen-bond donors (Lipinski definition) is 1. The average molecular weight is 177 g/mol. The third-order valence-electron chi connectivity index (χ3n) is 1.88. The number of hydrogen-bond acceptors (Lipinski definition) is 3. The van der Waals surface area contributed by atoms with Crippen LogP contribution in [-0.2, 0) is 0 Å². The van der Waals surface area contributed by atoms with Crippen LogP contribution in [0.4, 0.5) is 0 Å². The van der Waals surface area contributed by atoms with E-state index < -0.39 is 0 Å². The first-order valence-electron chi connectivity index (χ1n) is 3.71. The van der Waals surface area contributed by atoms with Gasteiger partial charge >= 0.3 is 0 Å². The van der Waals surface area contributed by atoms with Crippen molar-refractivity contribution in [2.75, 3.05) is 12.3 Å². The fourth-order valence-corrected chi connectivity index (χ4v) is 3.81. The molecule has 0 bridgehead atoms. The Hall–Kier alpha value is 0.660. The highest BCUT2D eigenvalue weighted by Crippen LogP contribution is 2.34. The number of thioether (sulfide) groups is 2. The Morgan fingerprint density at radius 2 is 2.10 bits per heavy atom. The van der Waals surface area contributed by atoms with Crippen molar-refractivity contribution < 1.29 is 0 Å². The van der Waals surface area contributed by atoms with Crippen LogP contribution in [0, 0.1) is 0 Å². The molecule has 1 aliphatic rings. The molecule has 0 saturated carbocycles. The molecule has 0 spiro atoms. The van der Waals surface area contributed by atoms with E-state index in [-0.39, 0.29) is 0 Å². The molecule has 0 aromatic carbocycles. The Kier molecular flexibility index (Phi) is 3.40. The van der Waals surface area contributed by atoms with Crippen LogP contribution in [0.2, 0.25) is 0 Å². The van der Waals surface area contributed by atoms with E-state index in [4.69, 9.17) is 5.73 Å². The predicted molar refractivity (Wildman–Crippen MR) is 51.8 cm³/mol. The molecular formula is C7H15NS2. The fourth-order valence-electron chi connectivity index (χ4n) is 0.972. The van der Waals surface area contributed by atoms with Crippen molar-refractivity contribution in [1.82, 2.24) is 0 Å². The second kappa shape index (κ2) is 3.88. The maximum atomic E-state index is 5.58. The van der Waals surface area contributed by atoms with Crippen LogP contribution in [0.1, 0.15) is 13.8 Å². The molecule has 0 aliphatic carbocycles. The van der Waals surface area contributed by atoms with Gasteiger partial charge in [-0.2, -0.15) is 23.5 Å². The van der Waals surface area contributed by atoms with Crippen LogP contribution >= 0.6 is 23.5 Å². The van der Waals surface area contributed by atoms with Gasteiger partial charge < -0.3 is 5.73 Å². The van der Waals surface area contributed by atoms with Crippen LogP contribution in [0.25, 0.3) is 0 Å². The smallest absolute Gasteiger partial charge is 0.0263 e. The summed E-state index contributed by atoms with van der Waals surface area (Å²) in [5.41, 5.74) is 5.58. The Balaban J connectivity index is 2.33. The van der Waals surface area contributed by atoms with Crippen LogP contribution in [0.5, 0.6) is 0 Å². The van der Waals surface area contributed by atoms with E-state index >= 15 is 0 Å². The van der Waals surface area contributed by atoms with Crippen LogP contribution < -0.4 is 5.73 Å². The molecule has 0 aromatic heterocycles. The SMILES string of the molecule is CC1SCC(CN)SC1C. The van der Waals surface area contributed by atoms with Gasteiger partial charge in [-0.15, -0.1) is 0 Å². The van der Waals surface area contributed by atoms with Gasteiger partial charge in [0.25, 0.3) is 0 Å². The zero-order valence-electron chi connectivity index (χ0n) is 6.54. The molecule has 1 fully saturated rings. The van der Waals surface area contributed by atoms with Gasteiger partial charge in [0.15, 0.2) is 0 Å². The molecule has 0 radical (unpaired) electrons. The Bertz CT molecular complexity index is 108.